The summed E-state index contributed by atoms with van der Waals surface area (Å²) in [5.41, 5.74) is -1.08. The first-order valence-corrected chi connectivity index (χ1v) is 9.24. The predicted molar refractivity (Wildman–Crippen MR) is 97.2 cm³/mol. The SMILES string of the molecule is CCCC(=O)NC[C@@H]1CCCN(CC(=O)Nc2ccccc2C(F)(F)F)C1. The summed E-state index contributed by atoms with van der Waals surface area (Å²) < 4.78 is 39.1. The topological polar surface area (TPSA) is 61.4 Å². The standard InChI is InChI=1S/C19H26F3N3O2/c1-2-6-17(26)23-11-14-7-5-10-25(12-14)13-18(27)24-16-9-4-3-8-15(16)19(20,21)22/h3-4,8-9,14H,2,5-7,10-13H2,1H3,(H,23,26)(H,24,27)/t14-/m0/s1. The minimum absolute atomic E-state index is 0.0242. The highest BCUT2D eigenvalue weighted by molar-refractivity contribution is 5.93. The monoisotopic (exact) mass is 385 g/mol. The van der Waals surface area contributed by atoms with E-state index in [-0.39, 0.29) is 24.1 Å². The van der Waals surface area contributed by atoms with Gasteiger partial charge in [-0.2, -0.15) is 13.2 Å². The molecule has 0 saturated carbocycles. The summed E-state index contributed by atoms with van der Waals surface area (Å²) in [5.74, 6) is -0.201. The van der Waals surface area contributed by atoms with Gasteiger partial charge in [0.05, 0.1) is 17.8 Å². The van der Waals surface area contributed by atoms with Gasteiger partial charge in [0.25, 0.3) is 0 Å². The van der Waals surface area contributed by atoms with Crippen molar-refractivity contribution < 1.29 is 22.8 Å². The third-order valence-electron chi connectivity index (χ3n) is 4.54. The van der Waals surface area contributed by atoms with Gasteiger partial charge in [-0.3, -0.25) is 14.5 Å². The van der Waals surface area contributed by atoms with E-state index in [1.807, 2.05) is 11.8 Å². The summed E-state index contributed by atoms with van der Waals surface area (Å²) in [6.07, 6.45) is -1.38. The number of likely N-dealkylation sites (tertiary alicyclic amines) is 1. The molecule has 1 fully saturated rings. The minimum atomic E-state index is -4.52. The largest absolute Gasteiger partial charge is 0.418 e. The van der Waals surface area contributed by atoms with Gasteiger partial charge < -0.3 is 10.6 Å². The highest BCUT2D eigenvalue weighted by atomic mass is 19.4. The molecule has 2 amide bonds. The molecule has 1 aliphatic rings. The number of anilines is 1. The summed E-state index contributed by atoms with van der Waals surface area (Å²) in [5, 5.41) is 5.28. The summed E-state index contributed by atoms with van der Waals surface area (Å²) in [7, 11) is 0. The average molecular weight is 385 g/mol. The zero-order valence-electron chi connectivity index (χ0n) is 15.4. The Labute approximate surface area is 157 Å². The Morgan fingerprint density at radius 1 is 1.22 bits per heavy atom. The Kier molecular flexibility index (Phi) is 7.65. The van der Waals surface area contributed by atoms with Gasteiger partial charge in [0, 0.05) is 19.5 Å². The fourth-order valence-corrected chi connectivity index (χ4v) is 3.27. The van der Waals surface area contributed by atoms with Crippen molar-refractivity contribution in [2.45, 2.75) is 38.8 Å². The second-order valence-corrected chi connectivity index (χ2v) is 6.89. The van der Waals surface area contributed by atoms with Gasteiger partial charge in [0.1, 0.15) is 0 Å². The van der Waals surface area contributed by atoms with Gasteiger partial charge in [0.15, 0.2) is 0 Å². The summed E-state index contributed by atoms with van der Waals surface area (Å²) in [6, 6.07) is 4.95. The van der Waals surface area contributed by atoms with Crippen molar-refractivity contribution >= 4 is 17.5 Å². The second kappa shape index (κ2) is 9.73. The zero-order chi connectivity index (χ0) is 19.9. The first-order chi connectivity index (χ1) is 12.8. The number of piperidine rings is 1. The van der Waals surface area contributed by atoms with Crippen molar-refractivity contribution in [1.29, 1.82) is 0 Å². The number of halogens is 3. The lowest BCUT2D eigenvalue weighted by atomic mass is 9.98. The molecule has 1 aromatic carbocycles. The van der Waals surface area contributed by atoms with E-state index in [1.54, 1.807) is 0 Å². The number of nitrogens with zero attached hydrogens (tertiary/aromatic N) is 1. The van der Waals surface area contributed by atoms with Crippen LogP contribution in [0, 0.1) is 5.92 Å². The summed E-state index contributed by atoms with van der Waals surface area (Å²) >= 11 is 0. The predicted octanol–water partition coefficient (Wildman–Crippen LogP) is 3.27. The summed E-state index contributed by atoms with van der Waals surface area (Å²) in [6.45, 7) is 3.89. The maximum absolute atomic E-state index is 13.0. The van der Waals surface area contributed by atoms with E-state index in [0.717, 1.165) is 25.3 Å². The fraction of sp³-hybridized carbons (Fsp3) is 0.579. The molecule has 2 rings (SSSR count). The van der Waals surface area contributed by atoms with Crippen LogP contribution >= 0.6 is 0 Å². The number of hydrogen-bond donors (Lipinski definition) is 2. The van der Waals surface area contributed by atoms with Gasteiger partial charge in [-0.05, 0) is 43.9 Å². The molecular formula is C19H26F3N3O2. The highest BCUT2D eigenvalue weighted by Gasteiger charge is 2.33. The smallest absolute Gasteiger partial charge is 0.356 e. The number of amides is 2. The molecule has 0 unspecified atom stereocenters. The van der Waals surface area contributed by atoms with Gasteiger partial charge in [-0.25, -0.2) is 0 Å². The first kappa shape index (κ1) is 21.2. The van der Waals surface area contributed by atoms with Crippen LogP contribution in [0.4, 0.5) is 18.9 Å². The molecule has 1 saturated heterocycles. The third-order valence-corrected chi connectivity index (χ3v) is 4.54. The van der Waals surface area contributed by atoms with E-state index in [9.17, 15) is 22.8 Å². The Balaban J connectivity index is 1.86. The molecule has 5 nitrogen and oxygen atoms in total. The molecule has 0 aromatic heterocycles. The number of nitrogens with one attached hydrogen (secondary N) is 2. The summed E-state index contributed by atoms with van der Waals surface area (Å²) in [4.78, 5) is 25.7. The number of carbonyl (C=O) groups excluding carboxylic acids is 2. The van der Waals surface area contributed by atoms with Crippen molar-refractivity contribution in [2.75, 3.05) is 31.5 Å². The van der Waals surface area contributed by atoms with Crippen LogP contribution < -0.4 is 10.6 Å². The van der Waals surface area contributed by atoms with Crippen LogP contribution in [0.5, 0.6) is 0 Å². The van der Waals surface area contributed by atoms with Crippen molar-refractivity contribution in [3.05, 3.63) is 29.8 Å². The van der Waals surface area contributed by atoms with Gasteiger partial charge in [-0.15, -0.1) is 0 Å². The molecular weight excluding hydrogens is 359 g/mol. The number of rotatable bonds is 7. The van der Waals surface area contributed by atoms with Gasteiger partial charge in [0.2, 0.25) is 11.8 Å². The van der Waals surface area contributed by atoms with Crippen molar-refractivity contribution in [1.82, 2.24) is 10.2 Å². The highest BCUT2D eigenvalue weighted by Crippen LogP contribution is 2.34. The van der Waals surface area contributed by atoms with Crippen LogP contribution in [0.15, 0.2) is 24.3 Å². The third kappa shape index (κ3) is 6.86. The lowest BCUT2D eigenvalue weighted by Gasteiger charge is -2.32. The van der Waals surface area contributed by atoms with Crippen LogP contribution in [-0.2, 0) is 15.8 Å². The molecule has 150 valence electrons. The normalized spacial score (nSPS) is 18.1. The molecule has 0 aliphatic carbocycles. The Bertz CT molecular complexity index is 649. The van der Waals surface area contributed by atoms with Crippen LogP contribution in [0.3, 0.4) is 0 Å². The fourth-order valence-electron chi connectivity index (χ4n) is 3.27. The number of carbonyl (C=O) groups is 2. The molecule has 1 heterocycles. The lowest BCUT2D eigenvalue weighted by Crippen LogP contribution is -2.44. The minimum Gasteiger partial charge on any atom is -0.356 e. The zero-order valence-corrected chi connectivity index (χ0v) is 15.4. The number of benzene rings is 1. The maximum atomic E-state index is 13.0. The molecule has 8 heteroatoms. The van der Waals surface area contributed by atoms with E-state index in [0.29, 0.717) is 26.1 Å². The molecule has 2 N–H and O–H groups in total. The molecule has 0 radical (unpaired) electrons. The Hall–Kier alpha value is -2.09. The molecule has 1 atom stereocenters. The van der Waals surface area contributed by atoms with E-state index < -0.39 is 17.6 Å². The van der Waals surface area contributed by atoms with Crippen molar-refractivity contribution in [3.8, 4) is 0 Å². The van der Waals surface area contributed by atoms with E-state index in [2.05, 4.69) is 10.6 Å². The van der Waals surface area contributed by atoms with Crippen molar-refractivity contribution in [2.24, 2.45) is 5.92 Å². The number of alkyl halides is 3. The van der Waals surface area contributed by atoms with Gasteiger partial charge >= 0.3 is 6.18 Å². The van der Waals surface area contributed by atoms with E-state index >= 15 is 0 Å². The molecule has 1 aliphatic heterocycles. The van der Waals surface area contributed by atoms with Crippen LogP contribution in [0.25, 0.3) is 0 Å². The van der Waals surface area contributed by atoms with Gasteiger partial charge in [-0.1, -0.05) is 19.1 Å². The number of hydrogen-bond acceptors (Lipinski definition) is 3. The molecule has 1 aromatic rings. The van der Waals surface area contributed by atoms with E-state index in [1.165, 1.54) is 18.2 Å². The Morgan fingerprint density at radius 3 is 2.67 bits per heavy atom. The quantitative estimate of drug-likeness (QED) is 0.757. The van der Waals surface area contributed by atoms with Crippen LogP contribution in [0.1, 0.15) is 38.2 Å². The lowest BCUT2D eigenvalue weighted by molar-refractivity contribution is -0.137. The van der Waals surface area contributed by atoms with E-state index in [4.69, 9.17) is 0 Å². The average Bonchev–Trinajstić information content (AvgIpc) is 2.60. The van der Waals surface area contributed by atoms with Crippen molar-refractivity contribution in [3.63, 3.8) is 0 Å². The maximum Gasteiger partial charge on any atom is 0.418 e. The van der Waals surface area contributed by atoms with Crippen LogP contribution in [0.2, 0.25) is 0 Å². The number of para-hydroxylation sites is 1. The molecule has 27 heavy (non-hydrogen) atoms. The van der Waals surface area contributed by atoms with Crippen LogP contribution in [-0.4, -0.2) is 42.9 Å². The molecule has 0 spiro atoms. The second-order valence-electron chi connectivity index (χ2n) is 6.89. The first-order valence-electron chi connectivity index (χ1n) is 9.24. The molecule has 0 bridgehead atoms. The Morgan fingerprint density at radius 2 is 1.96 bits per heavy atom.